The van der Waals surface area contributed by atoms with E-state index in [2.05, 4.69) is 4.72 Å². The summed E-state index contributed by atoms with van der Waals surface area (Å²) >= 11 is 0. The molecule has 1 aliphatic carbocycles. The van der Waals surface area contributed by atoms with Crippen molar-refractivity contribution in [2.75, 3.05) is 5.75 Å². The predicted octanol–water partition coefficient (Wildman–Crippen LogP) is 0.981. The summed E-state index contributed by atoms with van der Waals surface area (Å²) in [5, 5.41) is 8.78. The Bertz CT molecular complexity index is 400. The molecule has 17 heavy (non-hydrogen) atoms. The van der Waals surface area contributed by atoms with E-state index in [-0.39, 0.29) is 11.8 Å². The summed E-state index contributed by atoms with van der Waals surface area (Å²) in [4.78, 5) is 10.7. The lowest BCUT2D eigenvalue weighted by atomic mass is 10.1. The highest BCUT2D eigenvalue weighted by atomic mass is 32.2. The smallest absolute Gasteiger partial charge is 0.310 e. The first-order valence-corrected chi connectivity index (χ1v) is 7.36. The van der Waals surface area contributed by atoms with E-state index in [9.17, 15) is 13.2 Å². The van der Waals surface area contributed by atoms with Gasteiger partial charge < -0.3 is 5.11 Å². The molecule has 0 radical (unpaired) electrons. The van der Waals surface area contributed by atoms with Crippen LogP contribution < -0.4 is 4.72 Å². The minimum Gasteiger partial charge on any atom is -0.481 e. The van der Waals surface area contributed by atoms with Crippen LogP contribution in [0.4, 0.5) is 0 Å². The van der Waals surface area contributed by atoms with Crippen LogP contribution in [0.25, 0.3) is 0 Å². The molecule has 0 saturated carbocycles. The fraction of sp³-hybridized carbons (Fsp3) is 0.727. The lowest BCUT2D eigenvalue weighted by Gasteiger charge is -2.13. The zero-order chi connectivity index (χ0) is 13.1. The molecule has 1 aliphatic rings. The van der Waals surface area contributed by atoms with Crippen molar-refractivity contribution >= 4 is 16.0 Å². The summed E-state index contributed by atoms with van der Waals surface area (Å²) in [5.74, 6) is -1.07. The minimum absolute atomic E-state index is 0.0900. The Morgan fingerprint density at radius 2 is 2.12 bits per heavy atom. The van der Waals surface area contributed by atoms with Gasteiger partial charge in [0.25, 0.3) is 0 Å². The van der Waals surface area contributed by atoms with Crippen molar-refractivity contribution in [1.29, 1.82) is 0 Å². The summed E-state index contributed by atoms with van der Waals surface area (Å²) in [6.07, 6.45) is 4.06. The Morgan fingerprint density at radius 1 is 1.47 bits per heavy atom. The molecule has 1 rings (SSSR count). The van der Waals surface area contributed by atoms with E-state index in [1.807, 2.05) is 13.8 Å². The summed E-state index contributed by atoms with van der Waals surface area (Å²) in [7, 11) is -3.30. The van der Waals surface area contributed by atoms with Gasteiger partial charge in [-0.15, -0.1) is 0 Å². The third-order valence-corrected chi connectivity index (χ3v) is 4.13. The van der Waals surface area contributed by atoms with Gasteiger partial charge in [-0.1, -0.05) is 26.0 Å². The second-order valence-corrected chi connectivity index (χ2v) is 6.66. The molecule has 2 unspecified atom stereocenters. The van der Waals surface area contributed by atoms with E-state index in [1.165, 1.54) is 6.08 Å². The van der Waals surface area contributed by atoms with E-state index >= 15 is 0 Å². The van der Waals surface area contributed by atoms with Gasteiger partial charge >= 0.3 is 5.97 Å². The third-order valence-electron chi connectivity index (χ3n) is 2.70. The van der Waals surface area contributed by atoms with Gasteiger partial charge in [-0.25, -0.2) is 13.1 Å². The highest BCUT2D eigenvalue weighted by molar-refractivity contribution is 7.89. The number of aliphatic carboxylic acids is 1. The third kappa shape index (κ3) is 4.87. The Kier molecular flexibility index (Phi) is 4.70. The van der Waals surface area contributed by atoms with Crippen LogP contribution in [-0.4, -0.2) is 31.3 Å². The number of sulfonamides is 1. The molecule has 0 heterocycles. The summed E-state index contributed by atoms with van der Waals surface area (Å²) in [5.41, 5.74) is 0. The highest BCUT2D eigenvalue weighted by Gasteiger charge is 2.27. The molecule has 2 N–H and O–H groups in total. The molecule has 0 fully saturated rings. The van der Waals surface area contributed by atoms with Gasteiger partial charge in [-0.05, 0) is 18.8 Å². The molecule has 6 heteroatoms. The first-order chi connectivity index (χ1) is 7.80. The molecule has 0 aliphatic heterocycles. The largest absolute Gasteiger partial charge is 0.481 e. The van der Waals surface area contributed by atoms with Gasteiger partial charge in [0.15, 0.2) is 0 Å². The number of rotatable bonds is 6. The van der Waals surface area contributed by atoms with Gasteiger partial charge in [0, 0.05) is 6.04 Å². The number of nitrogens with one attached hydrogen (secondary N) is 1. The average Bonchev–Trinajstić information content (AvgIpc) is 2.63. The van der Waals surface area contributed by atoms with Crippen LogP contribution in [0.1, 0.15) is 26.7 Å². The highest BCUT2D eigenvalue weighted by Crippen LogP contribution is 2.18. The van der Waals surface area contributed by atoms with Crippen molar-refractivity contribution in [3.05, 3.63) is 12.2 Å². The average molecular weight is 261 g/mol. The summed E-state index contributed by atoms with van der Waals surface area (Å²) in [6.45, 7) is 3.93. The second kappa shape index (κ2) is 5.64. The molecule has 0 saturated heterocycles. The number of carboxylic acid groups (broad SMARTS) is 1. The SMILES string of the molecule is CC(C)CCS(=O)(=O)NC1C=CC(C(=O)O)C1. The fourth-order valence-corrected chi connectivity index (χ4v) is 3.19. The van der Waals surface area contributed by atoms with Gasteiger partial charge in [0.2, 0.25) is 10.0 Å². The Morgan fingerprint density at radius 3 is 2.59 bits per heavy atom. The number of carbonyl (C=O) groups is 1. The van der Waals surface area contributed by atoms with Gasteiger partial charge in [0.1, 0.15) is 0 Å². The van der Waals surface area contributed by atoms with Gasteiger partial charge in [-0.3, -0.25) is 4.79 Å². The fourth-order valence-electron chi connectivity index (χ4n) is 1.65. The molecule has 0 aromatic heterocycles. The van der Waals surface area contributed by atoms with Crippen molar-refractivity contribution in [2.45, 2.75) is 32.7 Å². The van der Waals surface area contributed by atoms with E-state index in [0.717, 1.165) is 0 Å². The zero-order valence-corrected chi connectivity index (χ0v) is 10.9. The number of hydrogen-bond donors (Lipinski definition) is 2. The van der Waals surface area contributed by atoms with E-state index in [1.54, 1.807) is 6.08 Å². The van der Waals surface area contributed by atoms with Crippen LogP contribution in [0.3, 0.4) is 0 Å². The quantitative estimate of drug-likeness (QED) is 0.698. The van der Waals surface area contributed by atoms with Crippen molar-refractivity contribution in [3.8, 4) is 0 Å². The van der Waals surface area contributed by atoms with Crippen LogP contribution in [0.15, 0.2) is 12.2 Å². The van der Waals surface area contributed by atoms with Crippen molar-refractivity contribution in [1.82, 2.24) is 4.72 Å². The summed E-state index contributed by atoms with van der Waals surface area (Å²) < 4.78 is 25.9. The molecule has 0 bridgehead atoms. The first-order valence-electron chi connectivity index (χ1n) is 5.71. The Labute approximate surface area is 102 Å². The molecular weight excluding hydrogens is 242 g/mol. The lowest BCUT2D eigenvalue weighted by molar-refractivity contribution is -0.140. The molecule has 5 nitrogen and oxygen atoms in total. The van der Waals surface area contributed by atoms with Crippen LogP contribution >= 0.6 is 0 Å². The van der Waals surface area contributed by atoms with Crippen LogP contribution in [0.5, 0.6) is 0 Å². The van der Waals surface area contributed by atoms with Crippen molar-refractivity contribution in [2.24, 2.45) is 11.8 Å². The molecule has 0 aromatic carbocycles. The van der Waals surface area contributed by atoms with Crippen molar-refractivity contribution < 1.29 is 18.3 Å². The van der Waals surface area contributed by atoms with E-state index in [0.29, 0.717) is 18.8 Å². The molecule has 0 spiro atoms. The Hall–Kier alpha value is -0.880. The van der Waals surface area contributed by atoms with Crippen LogP contribution in [0, 0.1) is 11.8 Å². The molecule has 0 amide bonds. The van der Waals surface area contributed by atoms with Gasteiger partial charge in [0.05, 0.1) is 11.7 Å². The lowest BCUT2D eigenvalue weighted by Crippen LogP contribution is -2.35. The summed E-state index contributed by atoms with van der Waals surface area (Å²) in [6, 6.07) is -0.381. The van der Waals surface area contributed by atoms with E-state index < -0.39 is 21.9 Å². The normalized spacial score (nSPS) is 24.4. The molecule has 0 aromatic rings. The standard InChI is InChI=1S/C11H19NO4S/c1-8(2)5-6-17(15,16)12-10-4-3-9(7-10)11(13)14/h3-4,8-10,12H,5-7H2,1-2H3,(H,13,14). The first kappa shape index (κ1) is 14.2. The monoisotopic (exact) mass is 261 g/mol. The number of hydrogen-bond acceptors (Lipinski definition) is 3. The predicted molar refractivity (Wildman–Crippen MR) is 65.0 cm³/mol. The number of carboxylic acids is 1. The van der Waals surface area contributed by atoms with E-state index in [4.69, 9.17) is 5.11 Å². The maximum atomic E-state index is 11.7. The molecule has 98 valence electrons. The maximum Gasteiger partial charge on any atom is 0.310 e. The molecule has 2 atom stereocenters. The molecular formula is C11H19NO4S. The van der Waals surface area contributed by atoms with Crippen LogP contribution in [0.2, 0.25) is 0 Å². The minimum atomic E-state index is -3.30. The van der Waals surface area contributed by atoms with Gasteiger partial charge in [-0.2, -0.15) is 0 Å². The second-order valence-electron chi connectivity index (χ2n) is 4.79. The van der Waals surface area contributed by atoms with Crippen molar-refractivity contribution in [3.63, 3.8) is 0 Å². The van der Waals surface area contributed by atoms with Crippen LogP contribution in [-0.2, 0) is 14.8 Å². The maximum absolute atomic E-state index is 11.7. The Balaban J connectivity index is 2.45. The zero-order valence-electron chi connectivity index (χ0n) is 10.1. The topological polar surface area (TPSA) is 83.5 Å².